The van der Waals surface area contributed by atoms with Crippen molar-refractivity contribution in [2.75, 3.05) is 6.61 Å². The molecule has 2 nitrogen and oxygen atoms in total. The van der Waals surface area contributed by atoms with E-state index < -0.39 is 0 Å². The molecule has 0 bridgehead atoms. The van der Waals surface area contributed by atoms with Gasteiger partial charge in [-0.2, -0.15) is 0 Å². The minimum Gasteiger partial charge on any atom is -0.236 e. The smallest absolute Gasteiger partial charge is 0.0930 e. The maximum absolute atomic E-state index is 4.99. The molecule has 0 aromatic heterocycles. The van der Waals surface area contributed by atoms with E-state index >= 15 is 0 Å². The molecule has 0 aromatic carbocycles. The van der Waals surface area contributed by atoms with E-state index in [0.717, 1.165) is 25.9 Å². The standard InChI is InChI=1S/C7H13O2/c1-2-7-5-3-4-6-8-9-7/h7H,1-6H2. The summed E-state index contributed by atoms with van der Waals surface area (Å²) in [5.74, 6) is 0. The molecular formula is C7H13O2. The zero-order chi connectivity index (χ0) is 6.53. The van der Waals surface area contributed by atoms with Crippen molar-refractivity contribution in [1.29, 1.82) is 0 Å². The van der Waals surface area contributed by atoms with Crippen LogP contribution in [0.25, 0.3) is 0 Å². The van der Waals surface area contributed by atoms with Crippen LogP contribution in [0.5, 0.6) is 0 Å². The van der Waals surface area contributed by atoms with Crippen LogP contribution in [0.2, 0.25) is 0 Å². The summed E-state index contributed by atoms with van der Waals surface area (Å²) in [5, 5.41) is 0. The Balaban J connectivity index is 2.18. The van der Waals surface area contributed by atoms with Crippen molar-refractivity contribution in [3.05, 3.63) is 6.92 Å². The largest absolute Gasteiger partial charge is 0.236 e. The van der Waals surface area contributed by atoms with Crippen LogP contribution in [0.4, 0.5) is 0 Å². The van der Waals surface area contributed by atoms with Crippen molar-refractivity contribution >= 4 is 0 Å². The highest BCUT2D eigenvalue weighted by atomic mass is 17.2. The molecule has 1 rings (SSSR count). The van der Waals surface area contributed by atoms with Crippen LogP contribution in [0.15, 0.2) is 0 Å². The molecule has 9 heavy (non-hydrogen) atoms. The first-order valence-electron chi connectivity index (χ1n) is 3.51. The van der Waals surface area contributed by atoms with Gasteiger partial charge in [-0.25, -0.2) is 9.78 Å². The highest BCUT2D eigenvalue weighted by Crippen LogP contribution is 2.12. The average Bonchev–Trinajstić information content (AvgIpc) is 2.13. The van der Waals surface area contributed by atoms with E-state index in [9.17, 15) is 0 Å². The number of hydrogen-bond donors (Lipinski definition) is 0. The Bertz CT molecular complexity index is 65.3. The van der Waals surface area contributed by atoms with Crippen molar-refractivity contribution in [3.8, 4) is 0 Å². The van der Waals surface area contributed by atoms with Gasteiger partial charge < -0.3 is 0 Å². The molecule has 1 radical (unpaired) electrons. The molecule has 1 fully saturated rings. The van der Waals surface area contributed by atoms with Gasteiger partial charge in [0.15, 0.2) is 0 Å². The monoisotopic (exact) mass is 129 g/mol. The van der Waals surface area contributed by atoms with Gasteiger partial charge in [-0.05, 0) is 25.7 Å². The Morgan fingerprint density at radius 3 is 3.11 bits per heavy atom. The number of hydrogen-bond acceptors (Lipinski definition) is 2. The molecule has 1 heterocycles. The lowest BCUT2D eigenvalue weighted by Crippen LogP contribution is -2.08. The average molecular weight is 129 g/mol. The molecule has 0 N–H and O–H groups in total. The zero-order valence-electron chi connectivity index (χ0n) is 5.64. The van der Waals surface area contributed by atoms with Crippen LogP contribution < -0.4 is 0 Å². The van der Waals surface area contributed by atoms with E-state index in [1.807, 2.05) is 0 Å². The van der Waals surface area contributed by atoms with Crippen molar-refractivity contribution in [1.82, 2.24) is 0 Å². The highest BCUT2D eigenvalue weighted by molar-refractivity contribution is 4.59. The van der Waals surface area contributed by atoms with Gasteiger partial charge in [-0.3, -0.25) is 0 Å². The second-order valence-electron chi connectivity index (χ2n) is 2.32. The maximum atomic E-state index is 4.99. The lowest BCUT2D eigenvalue weighted by Gasteiger charge is -2.08. The van der Waals surface area contributed by atoms with Gasteiger partial charge in [0.05, 0.1) is 12.7 Å². The van der Waals surface area contributed by atoms with Gasteiger partial charge in [0.1, 0.15) is 0 Å². The van der Waals surface area contributed by atoms with Crippen LogP contribution in [0.1, 0.15) is 25.7 Å². The quantitative estimate of drug-likeness (QED) is 0.502. The first kappa shape index (κ1) is 7.03. The summed E-state index contributed by atoms with van der Waals surface area (Å²) in [6.45, 7) is 4.49. The molecule has 2 heteroatoms. The molecule has 1 unspecified atom stereocenters. The summed E-state index contributed by atoms with van der Waals surface area (Å²) in [5.41, 5.74) is 0. The van der Waals surface area contributed by atoms with Crippen LogP contribution in [0.3, 0.4) is 0 Å². The predicted molar refractivity (Wildman–Crippen MR) is 34.6 cm³/mol. The lowest BCUT2D eigenvalue weighted by molar-refractivity contribution is -0.317. The molecule has 53 valence electrons. The Labute approximate surface area is 56.1 Å². The summed E-state index contributed by atoms with van der Waals surface area (Å²) in [6.07, 6.45) is 4.49. The third kappa shape index (κ3) is 2.33. The van der Waals surface area contributed by atoms with E-state index in [-0.39, 0.29) is 6.10 Å². The fourth-order valence-corrected chi connectivity index (χ4v) is 0.918. The molecule has 1 aliphatic rings. The SMILES string of the molecule is [CH2]CC1CCCCOO1. The van der Waals surface area contributed by atoms with Crippen LogP contribution in [-0.4, -0.2) is 12.7 Å². The Morgan fingerprint density at radius 2 is 2.33 bits per heavy atom. The summed E-state index contributed by atoms with van der Waals surface area (Å²) in [6, 6.07) is 0. The third-order valence-corrected chi connectivity index (χ3v) is 1.53. The second kappa shape index (κ2) is 3.85. The van der Waals surface area contributed by atoms with E-state index in [2.05, 4.69) is 6.92 Å². The van der Waals surface area contributed by atoms with Gasteiger partial charge in [0, 0.05) is 0 Å². The van der Waals surface area contributed by atoms with Gasteiger partial charge >= 0.3 is 0 Å². The Hall–Kier alpha value is -0.0800. The molecule has 0 amide bonds. The maximum Gasteiger partial charge on any atom is 0.0930 e. The highest BCUT2D eigenvalue weighted by Gasteiger charge is 2.10. The summed E-state index contributed by atoms with van der Waals surface area (Å²) >= 11 is 0. The topological polar surface area (TPSA) is 18.5 Å². The predicted octanol–water partition coefficient (Wildman–Crippen LogP) is 1.71. The van der Waals surface area contributed by atoms with Crippen LogP contribution in [-0.2, 0) is 9.78 Å². The van der Waals surface area contributed by atoms with Gasteiger partial charge in [0.2, 0.25) is 0 Å². The molecule has 1 aliphatic heterocycles. The second-order valence-corrected chi connectivity index (χ2v) is 2.32. The van der Waals surface area contributed by atoms with Crippen LogP contribution >= 0.6 is 0 Å². The molecule has 0 saturated carbocycles. The van der Waals surface area contributed by atoms with Gasteiger partial charge in [0.25, 0.3) is 0 Å². The fraction of sp³-hybridized carbons (Fsp3) is 0.857. The van der Waals surface area contributed by atoms with Crippen molar-refractivity contribution < 1.29 is 9.78 Å². The molecule has 1 saturated heterocycles. The summed E-state index contributed by atoms with van der Waals surface area (Å²) < 4.78 is 0. The first-order chi connectivity index (χ1) is 4.43. The lowest BCUT2D eigenvalue weighted by atomic mass is 10.1. The minimum atomic E-state index is 0.243. The Kier molecular flexibility index (Phi) is 3.01. The summed E-state index contributed by atoms with van der Waals surface area (Å²) in [4.78, 5) is 9.85. The number of rotatable bonds is 1. The van der Waals surface area contributed by atoms with Crippen molar-refractivity contribution in [2.24, 2.45) is 0 Å². The van der Waals surface area contributed by atoms with Crippen molar-refractivity contribution in [2.45, 2.75) is 31.8 Å². The molecule has 0 spiro atoms. The molecule has 0 aromatic rings. The normalized spacial score (nSPS) is 29.7. The zero-order valence-corrected chi connectivity index (χ0v) is 5.64. The minimum absolute atomic E-state index is 0.243. The Morgan fingerprint density at radius 1 is 1.44 bits per heavy atom. The van der Waals surface area contributed by atoms with Gasteiger partial charge in [-0.15, -0.1) is 0 Å². The van der Waals surface area contributed by atoms with E-state index in [1.165, 1.54) is 6.42 Å². The van der Waals surface area contributed by atoms with Crippen LogP contribution in [0, 0.1) is 6.92 Å². The first-order valence-corrected chi connectivity index (χ1v) is 3.51. The molecular weight excluding hydrogens is 116 g/mol. The van der Waals surface area contributed by atoms with E-state index in [4.69, 9.17) is 9.78 Å². The third-order valence-electron chi connectivity index (χ3n) is 1.53. The molecule has 0 aliphatic carbocycles. The summed E-state index contributed by atoms with van der Waals surface area (Å²) in [7, 11) is 0. The van der Waals surface area contributed by atoms with E-state index in [1.54, 1.807) is 0 Å². The van der Waals surface area contributed by atoms with Gasteiger partial charge in [-0.1, -0.05) is 6.92 Å². The van der Waals surface area contributed by atoms with E-state index in [0.29, 0.717) is 0 Å². The van der Waals surface area contributed by atoms with Crippen molar-refractivity contribution in [3.63, 3.8) is 0 Å². The molecule has 1 atom stereocenters. The fourth-order valence-electron chi connectivity index (χ4n) is 0.918.